The zero-order chi connectivity index (χ0) is 13.9. The molecule has 0 aromatic rings. The quantitative estimate of drug-likeness (QED) is 0.820. The Hall–Kier alpha value is -1.10. The second-order valence-electron chi connectivity index (χ2n) is 6.38. The van der Waals surface area contributed by atoms with Gasteiger partial charge < -0.3 is 15.1 Å². The summed E-state index contributed by atoms with van der Waals surface area (Å²) in [6.07, 6.45) is 6.28. The number of piperidine rings is 1. The summed E-state index contributed by atoms with van der Waals surface area (Å²) in [5.74, 6) is 0.993. The molecule has 0 radical (unpaired) electrons. The van der Waals surface area contributed by atoms with Gasteiger partial charge in [0.05, 0.1) is 12.5 Å². The van der Waals surface area contributed by atoms with Gasteiger partial charge in [0, 0.05) is 32.7 Å². The van der Waals surface area contributed by atoms with Gasteiger partial charge in [-0.2, -0.15) is 0 Å². The first-order chi connectivity index (χ1) is 9.74. The fraction of sp³-hybridized carbons (Fsp3) is 0.867. The molecule has 0 aromatic carbocycles. The van der Waals surface area contributed by atoms with Gasteiger partial charge >= 0.3 is 0 Å². The molecule has 3 aliphatic rings. The minimum atomic E-state index is -0.295. The van der Waals surface area contributed by atoms with Crippen molar-refractivity contribution in [3.63, 3.8) is 0 Å². The fourth-order valence-corrected chi connectivity index (χ4v) is 3.19. The molecular formula is C15H25N3O2. The minimum Gasteiger partial charge on any atom is -0.343 e. The molecule has 3 fully saturated rings. The molecule has 2 aliphatic heterocycles. The molecule has 2 amide bonds. The highest BCUT2D eigenvalue weighted by Gasteiger charge is 2.34. The monoisotopic (exact) mass is 279 g/mol. The maximum Gasteiger partial charge on any atom is 0.240 e. The van der Waals surface area contributed by atoms with Gasteiger partial charge in [-0.3, -0.25) is 9.59 Å². The lowest BCUT2D eigenvalue weighted by Crippen LogP contribution is -2.57. The third kappa shape index (κ3) is 3.32. The Morgan fingerprint density at radius 2 is 1.90 bits per heavy atom. The number of nitrogens with zero attached hydrogens (tertiary/aromatic N) is 2. The SMILES string of the molecule is O=C(CC1NCCN(CC2CC2)C1=O)N1CCCCC1. The van der Waals surface area contributed by atoms with Crippen LogP contribution in [0.1, 0.15) is 38.5 Å². The Balaban J connectivity index is 1.52. The second-order valence-corrected chi connectivity index (χ2v) is 6.38. The lowest BCUT2D eigenvalue weighted by molar-refractivity contribution is -0.141. The normalized spacial score (nSPS) is 27.8. The zero-order valence-corrected chi connectivity index (χ0v) is 12.1. The highest BCUT2D eigenvalue weighted by atomic mass is 16.2. The van der Waals surface area contributed by atoms with Crippen molar-refractivity contribution < 1.29 is 9.59 Å². The van der Waals surface area contributed by atoms with Crippen LogP contribution in [-0.2, 0) is 9.59 Å². The molecule has 0 bridgehead atoms. The van der Waals surface area contributed by atoms with Gasteiger partial charge in [0.15, 0.2) is 0 Å². The standard InChI is InChI=1S/C15H25N3O2/c19-14(17-7-2-1-3-8-17)10-13-15(20)18(9-6-16-13)11-12-4-5-12/h12-13,16H,1-11H2. The van der Waals surface area contributed by atoms with Crippen LogP contribution in [0.5, 0.6) is 0 Å². The predicted octanol–water partition coefficient (Wildman–Crippen LogP) is 0.599. The van der Waals surface area contributed by atoms with Crippen LogP contribution in [0.4, 0.5) is 0 Å². The Kier molecular flexibility index (Phi) is 4.24. The minimum absolute atomic E-state index is 0.133. The van der Waals surface area contributed by atoms with E-state index < -0.39 is 0 Å². The first-order valence-electron chi connectivity index (χ1n) is 8.04. The topological polar surface area (TPSA) is 52.7 Å². The van der Waals surface area contributed by atoms with Crippen molar-refractivity contribution in [3.8, 4) is 0 Å². The van der Waals surface area contributed by atoms with E-state index in [2.05, 4.69) is 5.32 Å². The molecule has 112 valence electrons. The first kappa shape index (κ1) is 13.9. The first-order valence-corrected chi connectivity index (χ1v) is 8.04. The van der Waals surface area contributed by atoms with E-state index >= 15 is 0 Å². The molecule has 0 spiro atoms. The lowest BCUT2D eigenvalue weighted by Gasteiger charge is -2.34. The molecule has 20 heavy (non-hydrogen) atoms. The number of hydrogen-bond donors (Lipinski definition) is 1. The van der Waals surface area contributed by atoms with E-state index in [9.17, 15) is 9.59 Å². The molecule has 1 saturated carbocycles. The van der Waals surface area contributed by atoms with Gasteiger partial charge in [-0.1, -0.05) is 0 Å². The molecular weight excluding hydrogens is 254 g/mol. The number of nitrogens with one attached hydrogen (secondary N) is 1. The van der Waals surface area contributed by atoms with Crippen molar-refractivity contribution in [2.24, 2.45) is 5.92 Å². The van der Waals surface area contributed by atoms with E-state index in [0.29, 0.717) is 6.42 Å². The van der Waals surface area contributed by atoms with Crippen molar-refractivity contribution >= 4 is 11.8 Å². The van der Waals surface area contributed by atoms with Crippen LogP contribution in [0.3, 0.4) is 0 Å². The highest BCUT2D eigenvalue weighted by molar-refractivity contribution is 5.89. The average molecular weight is 279 g/mol. The maximum absolute atomic E-state index is 12.4. The van der Waals surface area contributed by atoms with Gasteiger partial charge in [0.25, 0.3) is 0 Å². The van der Waals surface area contributed by atoms with Crippen LogP contribution in [0.2, 0.25) is 0 Å². The molecule has 0 aromatic heterocycles. The van der Waals surface area contributed by atoms with Gasteiger partial charge in [-0.15, -0.1) is 0 Å². The molecule has 3 rings (SSSR count). The van der Waals surface area contributed by atoms with Crippen LogP contribution < -0.4 is 5.32 Å². The number of carbonyl (C=O) groups is 2. The number of carbonyl (C=O) groups excluding carboxylic acids is 2. The van der Waals surface area contributed by atoms with Crippen LogP contribution in [0.15, 0.2) is 0 Å². The summed E-state index contributed by atoms with van der Waals surface area (Å²) in [7, 11) is 0. The van der Waals surface area contributed by atoms with Crippen molar-refractivity contribution in [1.29, 1.82) is 0 Å². The van der Waals surface area contributed by atoms with E-state index in [0.717, 1.165) is 51.5 Å². The summed E-state index contributed by atoms with van der Waals surface area (Å²) < 4.78 is 0. The Morgan fingerprint density at radius 1 is 1.15 bits per heavy atom. The number of rotatable bonds is 4. The second kappa shape index (κ2) is 6.12. The van der Waals surface area contributed by atoms with Crippen molar-refractivity contribution in [2.45, 2.75) is 44.6 Å². The van der Waals surface area contributed by atoms with Gasteiger partial charge in [0.2, 0.25) is 11.8 Å². The Bertz CT molecular complexity index is 375. The van der Waals surface area contributed by atoms with Gasteiger partial charge in [0.1, 0.15) is 0 Å². The van der Waals surface area contributed by atoms with Gasteiger partial charge in [-0.05, 0) is 38.0 Å². The van der Waals surface area contributed by atoms with Crippen LogP contribution in [-0.4, -0.2) is 60.4 Å². The molecule has 5 nitrogen and oxygen atoms in total. The fourth-order valence-electron chi connectivity index (χ4n) is 3.19. The summed E-state index contributed by atoms with van der Waals surface area (Å²) in [4.78, 5) is 28.6. The molecule has 1 N–H and O–H groups in total. The van der Waals surface area contributed by atoms with Crippen LogP contribution in [0, 0.1) is 5.92 Å². The van der Waals surface area contributed by atoms with Crippen LogP contribution in [0.25, 0.3) is 0 Å². The molecule has 2 saturated heterocycles. The van der Waals surface area contributed by atoms with E-state index in [1.165, 1.54) is 19.3 Å². The van der Waals surface area contributed by atoms with Crippen molar-refractivity contribution in [3.05, 3.63) is 0 Å². The summed E-state index contributed by atoms with van der Waals surface area (Å²) >= 11 is 0. The summed E-state index contributed by atoms with van der Waals surface area (Å²) in [6, 6.07) is -0.295. The Labute approximate surface area is 120 Å². The van der Waals surface area contributed by atoms with Crippen LogP contribution >= 0.6 is 0 Å². The smallest absolute Gasteiger partial charge is 0.240 e. The average Bonchev–Trinajstić information content (AvgIpc) is 3.28. The summed E-state index contributed by atoms with van der Waals surface area (Å²) in [5.41, 5.74) is 0. The van der Waals surface area contributed by atoms with E-state index in [1.54, 1.807) is 0 Å². The van der Waals surface area contributed by atoms with E-state index in [1.807, 2.05) is 9.80 Å². The Morgan fingerprint density at radius 3 is 2.60 bits per heavy atom. The zero-order valence-electron chi connectivity index (χ0n) is 12.1. The third-order valence-electron chi connectivity index (χ3n) is 4.65. The number of piperazine rings is 1. The third-order valence-corrected chi connectivity index (χ3v) is 4.65. The number of likely N-dealkylation sites (tertiary alicyclic amines) is 1. The highest BCUT2D eigenvalue weighted by Crippen LogP contribution is 2.30. The molecule has 5 heteroatoms. The van der Waals surface area contributed by atoms with E-state index in [-0.39, 0.29) is 17.9 Å². The molecule has 1 atom stereocenters. The molecule has 2 heterocycles. The van der Waals surface area contributed by atoms with Gasteiger partial charge in [-0.25, -0.2) is 0 Å². The van der Waals surface area contributed by atoms with E-state index in [4.69, 9.17) is 0 Å². The summed E-state index contributed by atoms with van der Waals surface area (Å²) in [6.45, 7) is 4.24. The molecule has 1 unspecified atom stereocenters. The lowest BCUT2D eigenvalue weighted by atomic mass is 10.1. The number of hydrogen-bond acceptors (Lipinski definition) is 3. The molecule has 1 aliphatic carbocycles. The van der Waals surface area contributed by atoms with Crippen molar-refractivity contribution in [2.75, 3.05) is 32.7 Å². The van der Waals surface area contributed by atoms with Crippen molar-refractivity contribution in [1.82, 2.24) is 15.1 Å². The number of amides is 2. The predicted molar refractivity (Wildman–Crippen MR) is 76.1 cm³/mol. The maximum atomic E-state index is 12.4. The largest absolute Gasteiger partial charge is 0.343 e. The summed E-state index contributed by atoms with van der Waals surface area (Å²) in [5, 5.41) is 3.22.